The number of hydrogen-bond acceptors (Lipinski definition) is 4. The molecular formula is C23H20N2O2S. The SMILES string of the molecule is CC(C)c1ccc(-c2csc3ncn(CC(=O)c4ccccc4)c(=O)c23)cc1. The molecule has 2 aromatic carbocycles. The van der Waals surface area contributed by atoms with Crippen molar-refractivity contribution in [2.45, 2.75) is 26.3 Å². The molecule has 0 aliphatic rings. The number of hydrogen-bond donors (Lipinski definition) is 0. The van der Waals surface area contributed by atoms with Gasteiger partial charge in [0.25, 0.3) is 5.56 Å². The molecule has 4 nitrogen and oxygen atoms in total. The number of benzene rings is 2. The fourth-order valence-electron chi connectivity index (χ4n) is 3.21. The number of carbonyl (C=O) groups excluding carboxylic acids is 1. The highest BCUT2D eigenvalue weighted by atomic mass is 32.1. The van der Waals surface area contributed by atoms with Gasteiger partial charge in [-0.25, -0.2) is 4.98 Å². The van der Waals surface area contributed by atoms with Crippen LogP contribution in [0.4, 0.5) is 0 Å². The van der Waals surface area contributed by atoms with Gasteiger partial charge in [0.1, 0.15) is 4.83 Å². The van der Waals surface area contributed by atoms with Crippen molar-refractivity contribution in [2.24, 2.45) is 0 Å². The van der Waals surface area contributed by atoms with Crippen LogP contribution in [0.5, 0.6) is 0 Å². The fraction of sp³-hybridized carbons (Fsp3) is 0.174. The highest BCUT2D eigenvalue weighted by molar-refractivity contribution is 7.17. The minimum absolute atomic E-state index is 0.0205. The summed E-state index contributed by atoms with van der Waals surface area (Å²) in [7, 11) is 0. The maximum absolute atomic E-state index is 13.1. The molecule has 5 heteroatoms. The van der Waals surface area contributed by atoms with E-state index < -0.39 is 0 Å². The third-order valence-corrected chi connectivity index (χ3v) is 5.75. The largest absolute Gasteiger partial charge is 0.292 e. The average Bonchev–Trinajstić information content (AvgIpc) is 3.15. The van der Waals surface area contributed by atoms with Gasteiger partial charge in [-0.05, 0) is 17.0 Å². The monoisotopic (exact) mass is 388 g/mol. The van der Waals surface area contributed by atoms with Gasteiger partial charge in [-0.15, -0.1) is 11.3 Å². The van der Waals surface area contributed by atoms with E-state index in [1.54, 1.807) is 12.1 Å². The Balaban J connectivity index is 1.74. The summed E-state index contributed by atoms with van der Waals surface area (Å²) in [4.78, 5) is 30.7. The topological polar surface area (TPSA) is 52.0 Å². The molecule has 140 valence electrons. The maximum atomic E-state index is 13.1. The molecule has 0 aliphatic heterocycles. The van der Waals surface area contributed by atoms with Crippen LogP contribution in [0, 0.1) is 0 Å². The molecule has 0 N–H and O–H groups in total. The Bertz CT molecular complexity index is 1190. The van der Waals surface area contributed by atoms with E-state index in [-0.39, 0.29) is 17.9 Å². The highest BCUT2D eigenvalue weighted by Crippen LogP contribution is 2.31. The van der Waals surface area contributed by atoms with Crippen LogP contribution in [0.2, 0.25) is 0 Å². The van der Waals surface area contributed by atoms with Crippen molar-refractivity contribution >= 4 is 27.3 Å². The van der Waals surface area contributed by atoms with Gasteiger partial charge in [0, 0.05) is 16.5 Å². The summed E-state index contributed by atoms with van der Waals surface area (Å²) in [6.45, 7) is 4.29. The van der Waals surface area contributed by atoms with E-state index in [0.717, 1.165) is 11.1 Å². The van der Waals surface area contributed by atoms with Crippen molar-refractivity contribution in [1.29, 1.82) is 0 Å². The maximum Gasteiger partial charge on any atom is 0.263 e. The first kappa shape index (κ1) is 18.3. The van der Waals surface area contributed by atoms with Crippen molar-refractivity contribution in [1.82, 2.24) is 9.55 Å². The molecule has 0 amide bonds. The lowest BCUT2D eigenvalue weighted by atomic mass is 9.99. The molecule has 28 heavy (non-hydrogen) atoms. The summed E-state index contributed by atoms with van der Waals surface area (Å²) in [6.07, 6.45) is 1.47. The molecule has 0 spiro atoms. The van der Waals surface area contributed by atoms with Gasteiger partial charge in [0.05, 0.1) is 18.3 Å². The van der Waals surface area contributed by atoms with Gasteiger partial charge >= 0.3 is 0 Å². The van der Waals surface area contributed by atoms with E-state index in [0.29, 0.717) is 21.7 Å². The normalized spacial score (nSPS) is 11.2. The number of ketones is 1. The Kier molecular flexibility index (Phi) is 4.92. The second-order valence-corrected chi connectivity index (χ2v) is 7.93. The summed E-state index contributed by atoms with van der Waals surface area (Å²) >= 11 is 1.45. The summed E-state index contributed by atoms with van der Waals surface area (Å²) in [5.74, 6) is 0.345. The molecule has 0 fully saturated rings. The molecule has 0 unspecified atom stereocenters. The van der Waals surface area contributed by atoms with E-state index in [1.807, 2.05) is 35.7 Å². The number of nitrogens with zero attached hydrogens (tertiary/aromatic N) is 2. The standard InChI is InChI=1S/C23H20N2O2S/c1-15(2)16-8-10-17(11-9-16)19-13-28-22-21(19)23(27)25(14-24-22)12-20(26)18-6-4-3-5-7-18/h3-11,13-15H,12H2,1-2H3. The van der Waals surface area contributed by atoms with Crippen molar-refractivity contribution < 1.29 is 4.79 Å². The van der Waals surface area contributed by atoms with Gasteiger partial charge in [0.2, 0.25) is 0 Å². The number of rotatable bonds is 5. The van der Waals surface area contributed by atoms with Gasteiger partial charge in [-0.1, -0.05) is 68.4 Å². The first-order chi connectivity index (χ1) is 13.5. The molecule has 0 aliphatic carbocycles. The molecule has 0 saturated heterocycles. The quantitative estimate of drug-likeness (QED) is 0.445. The Hall–Kier alpha value is -3.05. The molecule has 0 atom stereocenters. The van der Waals surface area contributed by atoms with Crippen LogP contribution < -0.4 is 5.56 Å². The predicted molar refractivity (Wildman–Crippen MR) is 114 cm³/mol. The summed E-state index contributed by atoms with van der Waals surface area (Å²) < 4.78 is 1.40. The Morgan fingerprint density at radius 1 is 1.07 bits per heavy atom. The van der Waals surface area contributed by atoms with Crippen LogP contribution in [0.1, 0.15) is 35.7 Å². The van der Waals surface area contributed by atoms with Crippen molar-refractivity contribution in [2.75, 3.05) is 0 Å². The highest BCUT2D eigenvalue weighted by Gasteiger charge is 2.15. The van der Waals surface area contributed by atoms with Crippen molar-refractivity contribution in [3.63, 3.8) is 0 Å². The zero-order chi connectivity index (χ0) is 19.7. The van der Waals surface area contributed by atoms with Gasteiger partial charge in [-0.2, -0.15) is 0 Å². The number of fused-ring (bicyclic) bond motifs is 1. The van der Waals surface area contributed by atoms with Crippen LogP contribution >= 0.6 is 11.3 Å². The van der Waals surface area contributed by atoms with Crippen LogP contribution in [-0.2, 0) is 6.54 Å². The second kappa shape index (κ2) is 7.52. The predicted octanol–water partition coefficient (Wildman–Crippen LogP) is 5.13. The molecule has 4 rings (SSSR count). The summed E-state index contributed by atoms with van der Waals surface area (Å²) in [5.41, 5.74) is 3.52. The Morgan fingerprint density at radius 2 is 1.79 bits per heavy atom. The minimum atomic E-state index is -0.182. The van der Waals surface area contributed by atoms with E-state index in [1.165, 1.54) is 27.8 Å². The van der Waals surface area contributed by atoms with E-state index in [9.17, 15) is 9.59 Å². The average molecular weight is 388 g/mol. The number of aromatic nitrogens is 2. The molecule has 2 heterocycles. The second-order valence-electron chi connectivity index (χ2n) is 7.07. The van der Waals surface area contributed by atoms with E-state index in [4.69, 9.17) is 0 Å². The number of Topliss-reactive ketones (excluding diaryl/α,β-unsaturated/α-hetero) is 1. The Morgan fingerprint density at radius 3 is 2.46 bits per heavy atom. The molecular weight excluding hydrogens is 368 g/mol. The number of carbonyl (C=O) groups is 1. The van der Waals surface area contributed by atoms with Crippen molar-refractivity contribution in [3.8, 4) is 11.1 Å². The van der Waals surface area contributed by atoms with Crippen LogP contribution in [-0.4, -0.2) is 15.3 Å². The van der Waals surface area contributed by atoms with Crippen LogP contribution in [0.25, 0.3) is 21.3 Å². The third kappa shape index (κ3) is 3.41. The minimum Gasteiger partial charge on any atom is -0.292 e. The zero-order valence-corrected chi connectivity index (χ0v) is 16.6. The lowest BCUT2D eigenvalue weighted by Gasteiger charge is -2.08. The van der Waals surface area contributed by atoms with Crippen molar-refractivity contribution in [3.05, 3.63) is 87.8 Å². The first-order valence-electron chi connectivity index (χ1n) is 9.20. The van der Waals surface area contributed by atoms with Gasteiger partial charge in [-0.3, -0.25) is 14.2 Å². The smallest absolute Gasteiger partial charge is 0.263 e. The van der Waals surface area contributed by atoms with Gasteiger partial charge < -0.3 is 0 Å². The molecule has 4 aromatic rings. The third-order valence-electron chi connectivity index (χ3n) is 4.86. The lowest BCUT2D eigenvalue weighted by molar-refractivity contribution is 0.0970. The van der Waals surface area contributed by atoms with E-state index in [2.05, 4.69) is 31.0 Å². The zero-order valence-electron chi connectivity index (χ0n) is 15.8. The van der Waals surface area contributed by atoms with Gasteiger partial charge in [0.15, 0.2) is 5.78 Å². The molecule has 0 bridgehead atoms. The van der Waals surface area contributed by atoms with Crippen LogP contribution in [0.15, 0.2) is 71.1 Å². The Labute approximate surface area is 167 Å². The molecule has 0 radical (unpaired) electrons. The fourth-order valence-corrected chi connectivity index (χ4v) is 4.12. The van der Waals surface area contributed by atoms with E-state index >= 15 is 0 Å². The lowest BCUT2D eigenvalue weighted by Crippen LogP contribution is -2.24. The molecule has 2 aromatic heterocycles. The number of thiophene rings is 1. The summed E-state index contributed by atoms with van der Waals surface area (Å²) in [6, 6.07) is 17.3. The first-order valence-corrected chi connectivity index (χ1v) is 10.1. The molecule has 0 saturated carbocycles. The summed E-state index contributed by atoms with van der Waals surface area (Å²) in [5, 5.41) is 2.54. The van der Waals surface area contributed by atoms with Crippen LogP contribution in [0.3, 0.4) is 0 Å².